The van der Waals surface area contributed by atoms with Gasteiger partial charge in [0.2, 0.25) is 5.91 Å². The van der Waals surface area contributed by atoms with E-state index in [9.17, 15) is 9.18 Å². The van der Waals surface area contributed by atoms with Gasteiger partial charge in [-0.3, -0.25) is 14.7 Å². The second kappa shape index (κ2) is 16.3. The van der Waals surface area contributed by atoms with Crippen molar-refractivity contribution in [2.45, 2.75) is 66.3 Å². The van der Waals surface area contributed by atoms with Gasteiger partial charge in [0.1, 0.15) is 6.67 Å². The Balaban J connectivity index is 0.00000235. The van der Waals surface area contributed by atoms with Crippen molar-refractivity contribution in [1.29, 1.82) is 0 Å². The molecule has 37 heavy (non-hydrogen) atoms. The van der Waals surface area contributed by atoms with Crippen molar-refractivity contribution >= 4 is 29.8 Å². The molecule has 1 aromatic rings. The molecule has 3 heterocycles. The summed E-state index contributed by atoms with van der Waals surface area (Å²) in [5.41, 5.74) is 5.31. The van der Waals surface area contributed by atoms with Gasteiger partial charge in [0, 0.05) is 43.0 Å². The molecule has 0 aromatic carbocycles. The molecule has 7 heteroatoms. The molecule has 1 amide bonds. The Morgan fingerprint density at radius 2 is 2.00 bits per heavy atom. The van der Waals surface area contributed by atoms with E-state index in [1.54, 1.807) is 6.08 Å². The van der Waals surface area contributed by atoms with E-state index in [1.165, 1.54) is 0 Å². The summed E-state index contributed by atoms with van der Waals surface area (Å²) in [6, 6.07) is 4.19. The minimum atomic E-state index is -0.357. The summed E-state index contributed by atoms with van der Waals surface area (Å²) in [5.74, 6) is 0.108. The van der Waals surface area contributed by atoms with E-state index in [1.807, 2.05) is 45.2 Å². The van der Waals surface area contributed by atoms with E-state index in [0.717, 1.165) is 79.1 Å². The van der Waals surface area contributed by atoms with Crippen LogP contribution in [0.5, 0.6) is 0 Å². The van der Waals surface area contributed by atoms with Crippen LogP contribution in [0.4, 0.5) is 4.39 Å². The average Bonchev–Trinajstić information content (AvgIpc) is 2.99. The summed E-state index contributed by atoms with van der Waals surface area (Å²) >= 11 is 0. The second-order valence-corrected chi connectivity index (χ2v) is 9.50. The molecular weight excluding hydrogens is 465 g/mol. The Morgan fingerprint density at radius 3 is 2.65 bits per heavy atom. The van der Waals surface area contributed by atoms with Gasteiger partial charge in [0.25, 0.3) is 0 Å². The topological polar surface area (TPSA) is 69.6 Å². The number of hydrogen-bond donors (Lipinski definition) is 2. The molecule has 1 atom stereocenters. The molecular formula is C30H46FN5O. The van der Waals surface area contributed by atoms with Crippen molar-refractivity contribution in [2.24, 2.45) is 10.9 Å². The van der Waals surface area contributed by atoms with Gasteiger partial charge in [0.05, 0.1) is 17.4 Å². The Hall–Kier alpha value is -2.64. The lowest BCUT2D eigenvalue weighted by Gasteiger charge is -2.22. The van der Waals surface area contributed by atoms with Crippen LogP contribution in [0.15, 0.2) is 35.0 Å². The molecule has 1 fully saturated rings. The van der Waals surface area contributed by atoms with E-state index in [-0.39, 0.29) is 24.5 Å². The van der Waals surface area contributed by atoms with Crippen LogP contribution in [0, 0.1) is 5.92 Å². The number of nitrogens with zero attached hydrogens (tertiary/aromatic N) is 3. The molecule has 0 bridgehead atoms. The molecule has 204 valence electrons. The van der Waals surface area contributed by atoms with Crippen molar-refractivity contribution in [2.75, 3.05) is 39.4 Å². The first-order valence-electron chi connectivity index (χ1n) is 13.8. The first-order chi connectivity index (χ1) is 17.9. The fraction of sp³-hybridized carbons (Fsp3) is 0.567. The minimum Gasteiger partial charge on any atom is -0.330 e. The quantitative estimate of drug-likeness (QED) is 0.482. The van der Waals surface area contributed by atoms with Gasteiger partial charge in [-0.05, 0) is 75.9 Å². The highest BCUT2D eigenvalue weighted by atomic mass is 19.1. The molecule has 2 N–H and O–H groups in total. The summed E-state index contributed by atoms with van der Waals surface area (Å²) in [5, 5.41) is 6.35. The van der Waals surface area contributed by atoms with Crippen LogP contribution in [0.25, 0.3) is 17.7 Å². The number of hydrogen-bond acceptors (Lipinski definition) is 5. The number of carbonyl (C=O) groups excluding carboxylic acids is 1. The predicted molar refractivity (Wildman–Crippen MR) is 155 cm³/mol. The van der Waals surface area contributed by atoms with Gasteiger partial charge in [-0.1, -0.05) is 39.5 Å². The monoisotopic (exact) mass is 511 g/mol. The number of carbonyl (C=O) groups is 1. The first-order valence-corrected chi connectivity index (χ1v) is 13.8. The number of rotatable bonds is 8. The Bertz CT molecular complexity index is 978. The lowest BCUT2D eigenvalue weighted by Crippen LogP contribution is -2.37. The molecule has 0 radical (unpaired) electrons. The Kier molecular flexibility index (Phi) is 13.4. The fourth-order valence-corrected chi connectivity index (χ4v) is 4.65. The normalized spacial score (nSPS) is 21.8. The molecule has 1 aromatic heterocycles. The lowest BCUT2D eigenvalue weighted by molar-refractivity contribution is -0.124. The van der Waals surface area contributed by atoms with Crippen LogP contribution in [0.2, 0.25) is 0 Å². The number of allylic oxidation sites excluding steroid dienone is 2. The zero-order chi connectivity index (χ0) is 27.2. The van der Waals surface area contributed by atoms with Crippen LogP contribution in [0.3, 0.4) is 0 Å². The van der Waals surface area contributed by atoms with Crippen molar-refractivity contribution in [1.82, 2.24) is 20.5 Å². The second-order valence-electron chi connectivity index (χ2n) is 9.50. The van der Waals surface area contributed by atoms with Gasteiger partial charge in [-0.25, -0.2) is 9.37 Å². The molecule has 6 nitrogen and oxygen atoms in total. The predicted octanol–water partition coefficient (Wildman–Crippen LogP) is 5.53. The van der Waals surface area contributed by atoms with Crippen molar-refractivity contribution in [3.8, 4) is 0 Å². The summed E-state index contributed by atoms with van der Waals surface area (Å²) in [4.78, 5) is 24.6. The number of alkyl halides is 1. The number of halogens is 1. The van der Waals surface area contributed by atoms with E-state index < -0.39 is 0 Å². The maximum atomic E-state index is 13.2. The number of pyridine rings is 1. The number of piperidine rings is 1. The maximum Gasteiger partial charge on any atom is 0.227 e. The van der Waals surface area contributed by atoms with Crippen LogP contribution in [-0.2, 0) is 4.79 Å². The Labute approximate surface area is 223 Å². The number of aliphatic imine (C=N–C) groups is 1. The van der Waals surface area contributed by atoms with Crippen molar-refractivity contribution in [3.05, 3.63) is 46.9 Å². The lowest BCUT2D eigenvalue weighted by atomic mass is 9.97. The Morgan fingerprint density at radius 1 is 1.27 bits per heavy atom. The number of aromatic nitrogens is 1. The molecule has 1 unspecified atom stereocenters. The van der Waals surface area contributed by atoms with Crippen molar-refractivity contribution < 1.29 is 9.18 Å². The van der Waals surface area contributed by atoms with Crippen LogP contribution >= 0.6 is 0 Å². The fourth-order valence-electron chi connectivity index (χ4n) is 4.65. The highest BCUT2D eigenvalue weighted by molar-refractivity contribution is 6.10. The van der Waals surface area contributed by atoms with Crippen LogP contribution in [0.1, 0.15) is 77.3 Å². The zero-order valence-electron chi connectivity index (χ0n) is 23.4. The third-order valence-corrected chi connectivity index (χ3v) is 6.82. The molecule has 0 spiro atoms. The highest BCUT2D eigenvalue weighted by Crippen LogP contribution is 2.23. The standard InChI is InChI=1S/C28H40FN5O.C2H6/c1-5-22-7-8-26(25-18-31-24(6-2)11-15-34(16-12-29)19-20(25)3)33-27(22)17-21(4)32-28(35)23-9-13-30-14-10-23;1-2/h5,7-8,17-18,23-24,30H,1,6,9-16,19H2,2-4H3,(H,32,35);1-2H3/b21-17+,25-20-,31-18?;. The van der Waals surface area contributed by atoms with Gasteiger partial charge in [-0.15, -0.1) is 0 Å². The summed E-state index contributed by atoms with van der Waals surface area (Å²) in [7, 11) is 0. The van der Waals surface area contributed by atoms with Gasteiger partial charge < -0.3 is 10.6 Å². The van der Waals surface area contributed by atoms with Crippen LogP contribution in [-0.4, -0.2) is 67.4 Å². The van der Waals surface area contributed by atoms with E-state index in [2.05, 4.69) is 36.0 Å². The molecule has 2 aliphatic heterocycles. The smallest absolute Gasteiger partial charge is 0.227 e. The zero-order valence-corrected chi connectivity index (χ0v) is 23.4. The summed E-state index contributed by atoms with van der Waals surface area (Å²) in [6.45, 7) is 17.4. The van der Waals surface area contributed by atoms with Gasteiger partial charge in [-0.2, -0.15) is 0 Å². The van der Waals surface area contributed by atoms with Gasteiger partial charge >= 0.3 is 0 Å². The minimum absolute atomic E-state index is 0.0411. The number of nitrogens with one attached hydrogen (secondary N) is 2. The molecule has 0 saturated carbocycles. The number of amides is 1. The molecule has 1 saturated heterocycles. The van der Waals surface area contributed by atoms with E-state index in [4.69, 9.17) is 9.98 Å². The summed E-state index contributed by atoms with van der Waals surface area (Å²) in [6.07, 6.45) is 9.20. The van der Waals surface area contributed by atoms with Gasteiger partial charge in [0.15, 0.2) is 0 Å². The highest BCUT2D eigenvalue weighted by Gasteiger charge is 2.21. The van der Waals surface area contributed by atoms with E-state index >= 15 is 0 Å². The molecule has 0 aliphatic carbocycles. The van der Waals surface area contributed by atoms with E-state index in [0.29, 0.717) is 13.1 Å². The molecule has 2 aliphatic rings. The third-order valence-electron chi connectivity index (χ3n) is 6.82. The van der Waals surface area contributed by atoms with Crippen LogP contribution < -0.4 is 10.6 Å². The van der Waals surface area contributed by atoms with Crippen molar-refractivity contribution in [3.63, 3.8) is 0 Å². The largest absolute Gasteiger partial charge is 0.330 e. The maximum absolute atomic E-state index is 13.2. The summed E-state index contributed by atoms with van der Waals surface area (Å²) < 4.78 is 13.2. The first kappa shape index (κ1) is 30.6. The molecule has 3 rings (SSSR count). The average molecular weight is 512 g/mol. The third kappa shape index (κ3) is 9.31. The SMILES string of the molecule is C=Cc1ccc(/C2=C(/C)CN(CCF)CCC(CC)N=C2)nc1/C=C(\C)NC(=O)C1CCNCC1.CC.